The van der Waals surface area contributed by atoms with E-state index in [4.69, 9.17) is 10.2 Å². The number of hydrogen-bond acceptors (Lipinski definition) is 4. The van der Waals surface area contributed by atoms with Crippen LogP contribution in [0.15, 0.2) is 107 Å². The van der Waals surface area contributed by atoms with Crippen LogP contribution in [-0.4, -0.2) is 24.5 Å². The first-order valence-electron chi connectivity index (χ1n) is 15.8. The van der Waals surface area contributed by atoms with Crippen LogP contribution in [0.4, 0.5) is 0 Å². The number of hydrogen-bond donors (Lipinski definition) is 2. The van der Waals surface area contributed by atoms with Crippen LogP contribution in [0.3, 0.4) is 0 Å². The monoisotopic (exact) mass is 554 g/mol. The lowest BCUT2D eigenvalue weighted by Gasteiger charge is -2.21. The molecule has 0 bridgehead atoms. The van der Waals surface area contributed by atoms with Gasteiger partial charge in [-0.3, -0.25) is 0 Å². The summed E-state index contributed by atoms with van der Waals surface area (Å²) in [6, 6.07) is 34.6. The molecule has 2 aliphatic rings. The predicted molar refractivity (Wildman–Crippen MR) is 176 cm³/mol. The van der Waals surface area contributed by atoms with Gasteiger partial charge in [0.2, 0.25) is 0 Å². The van der Waals surface area contributed by atoms with Crippen LogP contribution in [0, 0.1) is 0 Å². The molecule has 0 saturated carbocycles. The molecule has 4 aromatic rings. The molecular formula is C38H42N4. The molecule has 214 valence electrons. The van der Waals surface area contributed by atoms with Crippen molar-refractivity contribution in [3.8, 4) is 0 Å². The van der Waals surface area contributed by atoms with Crippen LogP contribution in [0.5, 0.6) is 0 Å². The largest absolute Gasteiger partial charge is 0.309 e. The molecule has 0 heterocycles. The van der Waals surface area contributed by atoms with E-state index in [9.17, 15) is 0 Å². The third-order valence-corrected chi connectivity index (χ3v) is 8.56. The Labute approximate surface area is 251 Å². The van der Waals surface area contributed by atoms with Crippen LogP contribution >= 0.6 is 0 Å². The number of rotatable bonds is 13. The average molecular weight is 555 g/mol. The van der Waals surface area contributed by atoms with Gasteiger partial charge in [0.15, 0.2) is 0 Å². The van der Waals surface area contributed by atoms with Gasteiger partial charge in [0.05, 0.1) is 11.4 Å². The van der Waals surface area contributed by atoms with Crippen LogP contribution in [-0.2, 0) is 12.8 Å². The molecular weight excluding hydrogens is 512 g/mol. The average Bonchev–Trinajstić information content (AvgIpc) is 3.04. The number of nitrogens with zero attached hydrogens (tertiary/aromatic N) is 2. The first-order chi connectivity index (χ1) is 20.9. The molecule has 2 aliphatic carbocycles. The summed E-state index contributed by atoms with van der Waals surface area (Å²) in [6.07, 6.45) is 12.1. The van der Waals surface area contributed by atoms with E-state index in [2.05, 4.69) is 108 Å². The highest BCUT2D eigenvalue weighted by Crippen LogP contribution is 2.28. The summed E-state index contributed by atoms with van der Waals surface area (Å²) in [5.41, 5.74) is 19.4. The van der Waals surface area contributed by atoms with Crippen molar-refractivity contribution >= 4 is 11.4 Å². The molecule has 4 aromatic carbocycles. The number of nitrogens with one attached hydrogen (secondary N) is 2. The topological polar surface area (TPSA) is 48.8 Å². The maximum Gasteiger partial charge on any atom is 0.0979 e. The molecule has 0 aliphatic heterocycles. The Morgan fingerprint density at radius 3 is 1.00 bits per heavy atom. The molecule has 0 spiro atoms. The van der Waals surface area contributed by atoms with Gasteiger partial charge < -0.3 is 10.9 Å². The molecule has 4 nitrogen and oxygen atoms in total. The summed E-state index contributed by atoms with van der Waals surface area (Å²) in [5, 5.41) is 9.70. The minimum atomic E-state index is 0.928. The molecule has 0 fully saturated rings. The van der Waals surface area contributed by atoms with Gasteiger partial charge in [0.25, 0.3) is 0 Å². The minimum absolute atomic E-state index is 0.928. The predicted octanol–water partition coefficient (Wildman–Crippen LogP) is 8.00. The molecule has 6 rings (SSSR count). The van der Waals surface area contributed by atoms with Gasteiger partial charge in [-0.15, -0.1) is 0 Å². The van der Waals surface area contributed by atoms with Crippen molar-refractivity contribution in [1.29, 1.82) is 0 Å². The second-order valence-electron chi connectivity index (χ2n) is 11.5. The third kappa shape index (κ3) is 6.65. The quantitative estimate of drug-likeness (QED) is 0.112. The summed E-state index contributed by atoms with van der Waals surface area (Å²) >= 11 is 0. The summed E-state index contributed by atoms with van der Waals surface area (Å²) in [5.74, 6) is 0. The highest BCUT2D eigenvalue weighted by Gasteiger charge is 2.21. The molecule has 0 radical (unpaired) electrons. The van der Waals surface area contributed by atoms with Gasteiger partial charge in [-0.05, 0) is 47.9 Å². The fourth-order valence-electron chi connectivity index (χ4n) is 6.30. The van der Waals surface area contributed by atoms with Crippen LogP contribution in [0.1, 0.15) is 95.9 Å². The summed E-state index contributed by atoms with van der Waals surface area (Å²) in [7, 11) is 0. The Morgan fingerprint density at radius 1 is 0.381 bits per heavy atom. The van der Waals surface area contributed by atoms with E-state index in [0.29, 0.717) is 0 Å². The van der Waals surface area contributed by atoms with E-state index in [1.807, 2.05) is 0 Å². The Kier molecular flexibility index (Phi) is 9.41. The van der Waals surface area contributed by atoms with E-state index in [1.54, 1.807) is 0 Å². The molecule has 0 unspecified atom stereocenters. The normalized spacial score (nSPS) is 13.0. The van der Waals surface area contributed by atoms with Crippen LogP contribution in [0.25, 0.3) is 0 Å². The van der Waals surface area contributed by atoms with Crippen LogP contribution in [0.2, 0.25) is 0 Å². The highest BCUT2D eigenvalue weighted by molar-refractivity contribution is 6.16. The summed E-state index contributed by atoms with van der Waals surface area (Å²) in [4.78, 5) is 0. The van der Waals surface area contributed by atoms with E-state index in [0.717, 1.165) is 50.2 Å². The number of unbranched alkanes of at least 4 members (excludes halogenated alkanes) is 7. The van der Waals surface area contributed by atoms with Gasteiger partial charge in [-0.2, -0.15) is 10.2 Å². The Morgan fingerprint density at radius 2 is 0.667 bits per heavy atom. The standard InChI is InChI=1S/C38H42N4/c1(3-5-15-25-39-41-37-33-21-11-7-17-29(33)27-30-18-8-12-22-34(30)37)2-4-6-16-26-40-42-38-35-23-13-9-19-31(35)28-32-20-10-14-24-36(32)38/h7-14,17-24,39-40H,1-6,15-16,25-28H2. The molecule has 0 saturated heterocycles. The number of hydrazone groups is 2. The van der Waals surface area contributed by atoms with Gasteiger partial charge in [-0.1, -0.05) is 136 Å². The Hall–Kier alpha value is -4.18. The fourth-order valence-corrected chi connectivity index (χ4v) is 6.30. The second kappa shape index (κ2) is 14.1. The summed E-state index contributed by atoms with van der Waals surface area (Å²) in [6.45, 7) is 1.86. The minimum Gasteiger partial charge on any atom is -0.309 e. The molecule has 0 amide bonds. The first kappa shape index (κ1) is 28.0. The molecule has 2 N–H and O–H groups in total. The van der Waals surface area contributed by atoms with E-state index < -0.39 is 0 Å². The summed E-state index contributed by atoms with van der Waals surface area (Å²) < 4.78 is 0. The fraction of sp³-hybridized carbons (Fsp3) is 0.316. The zero-order chi connectivity index (χ0) is 28.4. The van der Waals surface area contributed by atoms with Gasteiger partial charge in [-0.25, -0.2) is 0 Å². The maximum atomic E-state index is 4.85. The zero-order valence-corrected chi connectivity index (χ0v) is 24.6. The SMILES string of the molecule is c1ccc2c(c1)Cc1ccccc1C2=NNCCCCCCCCCCNN=C1c2ccccc2Cc2ccccc21. The Balaban J connectivity index is 0.855. The molecule has 42 heavy (non-hydrogen) atoms. The van der Waals surface area contributed by atoms with Crippen molar-refractivity contribution in [1.82, 2.24) is 10.9 Å². The van der Waals surface area contributed by atoms with Crippen molar-refractivity contribution in [2.75, 3.05) is 13.1 Å². The van der Waals surface area contributed by atoms with Crippen molar-refractivity contribution in [3.63, 3.8) is 0 Å². The smallest absolute Gasteiger partial charge is 0.0979 e. The highest BCUT2D eigenvalue weighted by atomic mass is 15.3. The van der Waals surface area contributed by atoms with E-state index in [1.165, 1.54) is 83.0 Å². The van der Waals surface area contributed by atoms with Crippen molar-refractivity contribution < 1.29 is 0 Å². The lowest BCUT2D eigenvalue weighted by molar-refractivity contribution is 0.547. The van der Waals surface area contributed by atoms with Crippen molar-refractivity contribution in [2.24, 2.45) is 10.2 Å². The van der Waals surface area contributed by atoms with Gasteiger partial charge in [0.1, 0.15) is 0 Å². The lowest BCUT2D eigenvalue weighted by Crippen LogP contribution is -2.20. The molecule has 0 aromatic heterocycles. The number of fused-ring (bicyclic) bond motifs is 4. The van der Waals surface area contributed by atoms with E-state index in [-0.39, 0.29) is 0 Å². The number of benzene rings is 4. The first-order valence-corrected chi connectivity index (χ1v) is 15.8. The van der Waals surface area contributed by atoms with E-state index >= 15 is 0 Å². The Bertz CT molecular complexity index is 1340. The molecule has 0 atom stereocenters. The maximum absolute atomic E-state index is 4.85. The van der Waals surface area contributed by atoms with Gasteiger partial charge >= 0.3 is 0 Å². The van der Waals surface area contributed by atoms with Crippen molar-refractivity contribution in [3.05, 3.63) is 142 Å². The van der Waals surface area contributed by atoms with Crippen LogP contribution < -0.4 is 10.9 Å². The molecule has 4 heteroatoms. The lowest BCUT2D eigenvalue weighted by atomic mass is 9.85. The van der Waals surface area contributed by atoms with Gasteiger partial charge in [0, 0.05) is 35.3 Å². The van der Waals surface area contributed by atoms with Crippen molar-refractivity contribution in [2.45, 2.75) is 64.2 Å². The second-order valence-corrected chi connectivity index (χ2v) is 11.5. The third-order valence-electron chi connectivity index (χ3n) is 8.56. The zero-order valence-electron chi connectivity index (χ0n) is 24.6.